The highest BCUT2D eigenvalue weighted by atomic mass is 15.1. The van der Waals surface area contributed by atoms with Gasteiger partial charge in [0.25, 0.3) is 0 Å². The summed E-state index contributed by atoms with van der Waals surface area (Å²) in [6.07, 6.45) is 4.48. The smallest absolute Gasteiger partial charge is 0.223 e. The first-order valence-corrected chi connectivity index (χ1v) is 6.95. The third-order valence-electron chi connectivity index (χ3n) is 3.76. The normalized spacial score (nSPS) is 20.6. The molecule has 2 aromatic rings. The molecule has 0 amide bonds. The molecule has 4 heteroatoms. The highest BCUT2D eigenvalue weighted by molar-refractivity contribution is 5.78. The molecule has 0 bridgehead atoms. The van der Waals surface area contributed by atoms with Gasteiger partial charge in [-0.15, -0.1) is 0 Å². The third kappa shape index (κ3) is 3.01. The summed E-state index contributed by atoms with van der Waals surface area (Å²) in [5, 5.41) is 4.47. The van der Waals surface area contributed by atoms with Crippen LogP contribution in [0.3, 0.4) is 0 Å². The minimum Gasteiger partial charge on any atom is -0.354 e. The first-order valence-electron chi connectivity index (χ1n) is 6.95. The van der Waals surface area contributed by atoms with E-state index >= 15 is 0 Å². The number of hydrogen-bond donors (Lipinski definition) is 1. The molecule has 1 aliphatic heterocycles. The van der Waals surface area contributed by atoms with E-state index in [1.54, 1.807) is 0 Å². The highest BCUT2D eigenvalue weighted by Gasteiger charge is 2.16. The zero-order valence-corrected chi connectivity index (χ0v) is 11.3. The molecule has 1 saturated heterocycles. The average molecular weight is 256 g/mol. The number of fused-ring (bicyclic) bond motifs is 1. The van der Waals surface area contributed by atoms with Gasteiger partial charge in [0, 0.05) is 24.7 Å². The average Bonchev–Trinajstić information content (AvgIpc) is 2.45. The molecule has 1 aromatic carbocycles. The number of piperidine rings is 1. The van der Waals surface area contributed by atoms with Gasteiger partial charge in [-0.1, -0.05) is 18.2 Å². The number of para-hydroxylation sites is 1. The molecule has 0 radical (unpaired) electrons. The monoisotopic (exact) mass is 256 g/mol. The quantitative estimate of drug-likeness (QED) is 0.915. The molecule has 0 saturated carbocycles. The predicted octanol–water partition coefficient (Wildman–Crippen LogP) is 2.38. The molecule has 1 aliphatic rings. The Morgan fingerprint density at radius 2 is 2.26 bits per heavy atom. The number of anilines is 1. The first kappa shape index (κ1) is 12.4. The van der Waals surface area contributed by atoms with Crippen LogP contribution in [0.5, 0.6) is 0 Å². The molecule has 1 N–H and O–H groups in total. The van der Waals surface area contributed by atoms with Crippen molar-refractivity contribution < 1.29 is 0 Å². The van der Waals surface area contributed by atoms with Gasteiger partial charge < -0.3 is 10.2 Å². The van der Waals surface area contributed by atoms with Crippen LogP contribution in [0.2, 0.25) is 0 Å². The van der Waals surface area contributed by atoms with Crippen LogP contribution in [0.25, 0.3) is 10.9 Å². The zero-order valence-electron chi connectivity index (χ0n) is 11.3. The lowest BCUT2D eigenvalue weighted by atomic mass is 9.99. The molecular formula is C15H20N4. The summed E-state index contributed by atoms with van der Waals surface area (Å²) in [6.45, 7) is 3.35. The minimum absolute atomic E-state index is 0.703. The third-order valence-corrected chi connectivity index (χ3v) is 3.76. The number of nitrogens with one attached hydrogen (secondary N) is 1. The van der Waals surface area contributed by atoms with Crippen molar-refractivity contribution in [3.63, 3.8) is 0 Å². The van der Waals surface area contributed by atoms with Crippen LogP contribution in [0.1, 0.15) is 12.8 Å². The summed E-state index contributed by atoms with van der Waals surface area (Å²) in [7, 11) is 2.19. The zero-order chi connectivity index (χ0) is 13.1. The number of likely N-dealkylation sites (tertiary alicyclic amines) is 1. The number of nitrogens with zero attached hydrogens (tertiary/aromatic N) is 3. The largest absolute Gasteiger partial charge is 0.354 e. The van der Waals surface area contributed by atoms with Crippen LogP contribution in [0, 0.1) is 5.92 Å². The fourth-order valence-corrected chi connectivity index (χ4v) is 2.73. The molecule has 3 rings (SSSR count). The summed E-state index contributed by atoms with van der Waals surface area (Å²) in [6, 6.07) is 8.08. The van der Waals surface area contributed by atoms with E-state index in [-0.39, 0.29) is 0 Å². The Morgan fingerprint density at radius 1 is 1.37 bits per heavy atom. The summed E-state index contributed by atoms with van der Waals surface area (Å²) < 4.78 is 0. The molecule has 100 valence electrons. The van der Waals surface area contributed by atoms with E-state index in [1.165, 1.54) is 25.9 Å². The van der Waals surface area contributed by atoms with Crippen LogP contribution in [-0.4, -0.2) is 41.5 Å². The number of aromatic nitrogens is 2. The molecule has 1 fully saturated rings. The number of benzene rings is 1. The van der Waals surface area contributed by atoms with Crippen LogP contribution in [0.15, 0.2) is 30.5 Å². The van der Waals surface area contributed by atoms with Crippen LogP contribution in [-0.2, 0) is 0 Å². The van der Waals surface area contributed by atoms with E-state index in [0.717, 1.165) is 23.4 Å². The van der Waals surface area contributed by atoms with Gasteiger partial charge in [-0.25, -0.2) is 9.97 Å². The Kier molecular flexibility index (Phi) is 3.60. The molecule has 1 atom stereocenters. The standard InChI is InChI=1S/C15H20N4/c1-19-8-4-5-12(11-19)9-16-15-17-10-13-6-2-3-7-14(13)18-15/h2-3,6-7,10,12H,4-5,8-9,11H2,1H3,(H,16,17,18). The Balaban J connectivity index is 1.64. The number of rotatable bonds is 3. The molecule has 1 aromatic heterocycles. The number of hydrogen-bond acceptors (Lipinski definition) is 4. The molecule has 0 aliphatic carbocycles. The van der Waals surface area contributed by atoms with E-state index in [1.807, 2.05) is 30.5 Å². The molecule has 4 nitrogen and oxygen atoms in total. The highest BCUT2D eigenvalue weighted by Crippen LogP contribution is 2.16. The van der Waals surface area contributed by atoms with Crippen molar-refractivity contribution in [3.05, 3.63) is 30.5 Å². The molecule has 2 heterocycles. The van der Waals surface area contributed by atoms with Gasteiger partial charge in [-0.3, -0.25) is 0 Å². The van der Waals surface area contributed by atoms with Crippen LogP contribution in [0.4, 0.5) is 5.95 Å². The molecular weight excluding hydrogens is 236 g/mol. The lowest BCUT2D eigenvalue weighted by molar-refractivity contribution is 0.217. The van der Waals surface area contributed by atoms with E-state index in [2.05, 4.69) is 27.2 Å². The van der Waals surface area contributed by atoms with E-state index in [0.29, 0.717) is 5.92 Å². The summed E-state index contributed by atoms with van der Waals surface area (Å²) >= 11 is 0. The van der Waals surface area contributed by atoms with Crippen molar-refractivity contribution in [2.45, 2.75) is 12.8 Å². The Labute approximate surface area is 113 Å². The maximum atomic E-state index is 4.54. The summed E-state index contributed by atoms with van der Waals surface area (Å²) in [5.41, 5.74) is 1.00. The van der Waals surface area contributed by atoms with Gasteiger partial charge in [-0.05, 0) is 38.4 Å². The maximum Gasteiger partial charge on any atom is 0.223 e. The topological polar surface area (TPSA) is 41.0 Å². The van der Waals surface area contributed by atoms with Crippen LogP contribution < -0.4 is 5.32 Å². The van der Waals surface area contributed by atoms with Crippen molar-refractivity contribution in [3.8, 4) is 0 Å². The van der Waals surface area contributed by atoms with Crippen molar-refractivity contribution in [1.29, 1.82) is 0 Å². The molecule has 0 spiro atoms. The van der Waals surface area contributed by atoms with Gasteiger partial charge >= 0.3 is 0 Å². The van der Waals surface area contributed by atoms with Gasteiger partial charge in [0.15, 0.2) is 0 Å². The Hall–Kier alpha value is -1.68. The van der Waals surface area contributed by atoms with Crippen molar-refractivity contribution in [2.75, 3.05) is 32.0 Å². The maximum absolute atomic E-state index is 4.54. The molecule has 19 heavy (non-hydrogen) atoms. The van der Waals surface area contributed by atoms with Crippen molar-refractivity contribution in [1.82, 2.24) is 14.9 Å². The van der Waals surface area contributed by atoms with Crippen molar-refractivity contribution in [2.24, 2.45) is 5.92 Å². The van der Waals surface area contributed by atoms with Crippen molar-refractivity contribution >= 4 is 16.9 Å². The second-order valence-electron chi connectivity index (χ2n) is 5.40. The lowest BCUT2D eigenvalue weighted by Gasteiger charge is -2.29. The predicted molar refractivity (Wildman–Crippen MR) is 78.2 cm³/mol. The van der Waals surface area contributed by atoms with E-state index < -0.39 is 0 Å². The first-order chi connectivity index (χ1) is 9.31. The fourth-order valence-electron chi connectivity index (χ4n) is 2.73. The van der Waals surface area contributed by atoms with Gasteiger partial charge in [0.1, 0.15) is 0 Å². The van der Waals surface area contributed by atoms with E-state index in [4.69, 9.17) is 0 Å². The Bertz CT molecular complexity index is 555. The minimum atomic E-state index is 0.703. The second-order valence-corrected chi connectivity index (χ2v) is 5.40. The van der Waals surface area contributed by atoms with Gasteiger partial charge in [0.2, 0.25) is 5.95 Å². The van der Waals surface area contributed by atoms with Gasteiger partial charge in [0.05, 0.1) is 5.52 Å². The fraction of sp³-hybridized carbons (Fsp3) is 0.467. The van der Waals surface area contributed by atoms with E-state index in [9.17, 15) is 0 Å². The molecule has 1 unspecified atom stereocenters. The summed E-state index contributed by atoms with van der Waals surface area (Å²) in [4.78, 5) is 11.3. The summed E-state index contributed by atoms with van der Waals surface area (Å²) in [5.74, 6) is 1.45. The second kappa shape index (κ2) is 5.53. The SMILES string of the molecule is CN1CCCC(CNc2ncc3ccccc3n2)C1. The lowest BCUT2D eigenvalue weighted by Crippen LogP contribution is -2.35. The van der Waals surface area contributed by atoms with Crippen LogP contribution >= 0.6 is 0 Å². The van der Waals surface area contributed by atoms with Gasteiger partial charge in [-0.2, -0.15) is 0 Å². The Morgan fingerprint density at radius 3 is 3.16 bits per heavy atom.